The van der Waals surface area contributed by atoms with E-state index in [0.717, 1.165) is 0 Å². The van der Waals surface area contributed by atoms with Crippen LogP contribution in [0.15, 0.2) is 0 Å². The molecule has 0 rings (SSSR count). The summed E-state index contributed by atoms with van der Waals surface area (Å²) in [5.41, 5.74) is 0. The van der Waals surface area contributed by atoms with Crippen molar-refractivity contribution in [1.82, 2.24) is 4.34 Å². The van der Waals surface area contributed by atoms with Gasteiger partial charge in [0.2, 0.25) is 0 Å². The van der Waals surface area contributed by atoms with E-state index in [0.29, 0.717) is 0 Å². The Morgan fingerprint density at radius 3 is 0.917 bits per heavy atom. The molecule has 0 spiro atoms. The van der Waals surface area contributed by atoms with Crippen LogP contribution in [0.4, 0.5) is 0 Å². The average Bonchev–Trinajstić information content (AvgIpc) is 1.59. The predicted molar refractivity (Wildman–Crippen MR) is 52.9 cm³/mol. The van der Waals surface area contributed by atoms with E-state index in [1.807, 2.05) is 4.34 Å². The molecule has 0 saturated heterocycles. The second-order valence-corrected chi connectivity index (χ2v) is 14.7. The normalized spacial score (nSPS) is 12.0. The van der Waals surface area contributed by atoms with E-state index in [1.165, 1.54) is 0 Å². The SMILES string of the molecule is C[Si](C)(C)N([NH-])[Si](C)(C)C.[Li+].[Li+]. The van der Waals surface area contributed by atoms with E-state index in [2.05, 4.69) is 39.3 Å². The van der Waals surface area contributed by atoms with Crippen molar-refractivity contribution in [1.29, 1.82) is 0 Å². The van der Waals surface area contributed by atoms with Gasteiger partial charge in [0.25, 0.3) is 0 Å². The minimum absolute atomic E-state index is 0. The van der Waals surface area contributed by atoms with Crippen molar-refractivity contribution in [2.45, 2.75) is 39.3 Å². The van der Waals surface area contributed by atoms with Crippen molar-refractivity contribution in [3.8, 4) is 0 Å². The van der Waals surface area contributed by atoms with Gasteiger partial charge in [-0.15, -0.1) is 0 Å². The first-order valence-corrected chi connectivity index (χ1v) is 10.6. The predicted octanol–water partition coefficient (Wildman–Crippen LogP) is -3.07. The van der Waals surface area contributed by atoms with Crippen molar-refractivity contribution < 1.29 is 37.7 Å². The zero-order valence-electron chi connectivity index (χ0n) is 9.95. The van der Waals surface area contributed by atoms with Crippen molar-refractivity contribution in [3.05, 3.63) is 5.84 Å². The fraction of sp³-hybridized carbons (Fsp3) is 1.00. The van der Waals surface area contributed by atoms with Gasteiger partial charge in [-0.25, -0.2) is 0 Å². The van der Waals surface area contributed by atoms with Gasteiger partial charge in [-0.1, -0.05) is 39.3 Å². The van der Waals surface area contributed by atoms with Crippen LogP contribution in [0, 0.1) is 0 Å². The summed E-state index contributed by atoms with van der Waals surface area (Å²) in [7, 11) is -2.67. The molecule has 12 heavy (non-hydrogen) atoms. The van der Waals surface area contributed by atoms with E-state index in [-0.39, 0.29) is 37.7 Å². The van der Waals surface area contributed by atoms with Gasteiger partial charge in [-0.05, 0) is 0 Å². The molecule has 1 N–H and O–H groups in total. The molecule has 0 aromatic carbocycles. The van der Waals surface area contributed by atoms with Gasteiger partial charge in [0.05, 0.1) is 16.5 Å². The third-order valence-corrected chi connectivity index (χ3v) is 8.05. The molecule has 0 atom stereocenters. The van der Waals surface area contributed by atoms with Crippen molar-refractivity contribution in [2.75, 3.05) is 0 Å². The summed E-state index contributed by atoms with van der Waals surface area (Å²) in [6.45, 7) is 13.3. The summed E-state index contributed by atoms with van der Waals surface area (Å²) < 4.78 is 1.90. The molecule has 0 radical (unpaired) electrons. The topological polar surface area (TPSA) is 27.0 Å². The molecule has 0 heterocycles. The Balaban J connectivity index is -0.000000405. The standard InChI is InChI=1S/C6H19N2Si2.2Li/c1-9(2,3)8(7)10(4,5)6;;/h7H,1-6H3;;/q-1;2*+1. The van der Waals surface area contributed by atoms with Gasteiger partial charge >= 0.3 is 37.7 Å². The minimum atomic E-state index is -1.33. The number of nitrogens with zero attached hydrogens (tertiary/aromatic N) is 1. The smallest absolute Gasteiger partial charge is 0.624 e. The minimum Gasteiger partial charge on any atom is -0.624 e. The number of nitrogens with one attached hydrogen (secondary N) is 1. The van der Waals surface area contributed by atoms with Crippen LogP contribution in [0.1, 0.15) is 0 Å². The van der Waals surface area contributed by atoms with Crippen LogP contribution in [0.2, 0.25) is 39.3 Å². The number of hydrogen-bond donors (Lipinski definition) is 0. The Morgan fingerprint density at radius 1 is 0.750 bits per heavy atom. The summed E-state index contributed by atoms with van der Waals surface area (Å²) in [6, 6.07) is 0. The Hall–Kier alpha value is 1.55. The first-order valence-electron chi connectivity index (χ1n) is 3.67. The third-order valence-electron chi connectivity index (χ3n) is 1.34. The second kappa shape index (κ2) is 6.11. The van der Waals surface area contributed by atoms with E-state index < -0.39 is 16.5 Å². The molecule has 0 aliphatic heterocycles. The molecule has 62 valence electrons. The largest absolute Gasteiger partial charge is 1.00 e. The maximum Gasteiger partial charge on any atom is 1.00 e. The van der Waals surface area contributed by atoms with E-state index >= 15 is 0 Å². The van der Waals surface area contributed by atoms with Crippen LogP contribution in [0.5, 0.6) is 0 Å². The Bertz CT molecular complexity index is 106. The molecule has 0 aromatic rings. The van der Waals surface area contributed by atoms with E-state index in [9.17, 15) is 0 Å². The maximum absolute atomic E-state index is 7.83. The van der Waals surface area contributed by atoms with Crippen LogP contribution in [0.3, 0.4) is 0 Å². The average molecular weight is 189 g/mol. The van der Waals surface area contributed by atoms with Gasteiger partial charge in [0.15, 0.2) is 0 Å². The van der Waals surface area contributed by atoms with Crippen LogP contribution >= 0.6 is 0 Å². The quantitative estimate of drug-likeness (QED) is 0.335. The number of rotatable bonds is 2. The second-order valence-electron chi connectivity index (χ2n) is 4.68. The van der Waals surface area contributed by atoms with E-state index in [1.54, 1.807) is 0 Å². The Morgan fingerprint density at radius 2 is 0.917 bits per heavy atom. The molecule has 0 saturated carbocycles. The van der Waals surface area contributed by atoms with Gasteiger partial charge < -0.3 is 10.2 Å². The molecular weight excluding hydrogens is 170 g/mol. The summed E-state index contributed by atoms with van der Waals surface area (Å²) in [4.78, 5) is 0. The molecular formula is C6H19Li2N2Si2+. The molecule has 0 aliphatic carbocycles. The molecule has 0 aromatic heterocycles. The molecule has 0 amide bonds. The van der Waals surface area contributed by atoms with Crippen LogP contribution < -0.4 is 37.7 Å². The fourth-order valence-corrected chi connectivity index (χ4v) is 9.06. The van der Waals surface area contributed by atoms with Crippen LogP contribution in [0.25, 0.3) is 5.84 Å². The van der Waals surface area contributed by atoms with E-state index in [4.69, 9.17) is 5.84 Å². The Kier molecular flexibility index (Phi) is 9.76. The monoisotopic (exact) mass is 189 g/mol. The summed E-state index contributed by atoms with van der Waals surface area (Å²) in [5, 5.41) is 0. The molecule has 0 bridgehead atoms. The molecule has 6 heteroatoms. The molecule has 0 fully saturated rings. The fourth-order valence-electron chi connectivity index (χ4n) is 1.01. The van der Waals surface area contributed by atoms with Crippen LogP contribution in [-0.4, -0.2) is 20.8 Å². The van der Waals surface area contributed by atoms with Crippen LogP contribution in [-0.2, 0) is 0 Å². The molecule has 0 aliphatic rings. The van der Waals surface area contributed by atoms with Crippen molar-refractivity contribution in [3.63, 3.8) is 0 Å². The zero-order chi connectivity index (χ0) is 8.58. The van der Waals surface area contributed by atoms with Gasteiger partial charge in [0.1, 0.15) is 0 Å². The molecule has 2 nitrogen and oxygen atoms in total. The van der Waals surface area contributed by atoms with Crippen molar-refractivity contribution >= 4 is 16.5 Å². The molecule has 0 unspecified atom stereocenters. The third kappa shape index (κ3) is 7.00. The summed E-state index contributed by atoms with van der Waals surface area (Å²) in [6.07, 6.45) is 0. The maximum atomic E-state index is 7.83. The zero-order valence-corrected chi connectivity index (χ0v) is 11.9. The first-order chi connectivity index (χ1) is 4.15. The summed E-state index contributed by atoms with van der Waals surface area (Å²) >= 11 is 0. The summed E-state index contributed by atoms with van der Waals surface area (Å²) in [5.74, 6) is 7.83. The first kappa shape index (κ1) is 19.2. The van der Waals surface area contributed by atoms with Gasteiger partial charge in [-0.2, -0.15) is 0 Å². The number of hydrogen-bond acceptors (Lipinski definition) is 1. The van der Waals surface area contributed by atoms with Crippen molar-refractivity contribution in [2.24, 2.45) is 0 Å². The Labute approximate surface area is 103 Å². The van der Waals surface area contributed by atoms with Gasteiger partial charge in [0, 0.05) is 0 Å². The van der Waals surface area contributed by atoms with Gasteiger partial charge in [-0.3, -0.25) is 0 Å².